The second kappa shape index (κ2) is 6.53. The van der Waals surface area contributed by atoms with Gasteiger partial charge in [0.25, 0.3) is 0 Å². The molecule has 0 spiro atoms. The normalized spacial score (nSPS) is 12.6. The number of methoxy groups -OCH3 is 1. The van der Waals surface area contributed by atoms with Gasteiger partial charge in [-0.15, -0.1) is 0 Å². The summed E-state index contributed by atoms with van der Waals surface area (Å²) in [5.41, 5.74) is 3.42. The SMILES string of the molecule is CCC(C)N(CCOC)c1nc(NN)cn2ccnc12. The highest BCUT2D eigenvalue weighted by atomic mass is 16.5. The number of nitrogens with two attached hydrogens (primary N) is 1. The van der Waals surface area contributed by atoms with E-state index in [2.05, 4.69) is 34.1 Å². The molecule has 0 aromatic carbocycles. The molecule has 110 valence electrons. The monoisotopic (exact) mass is 278 g/mol. The van der Waals surface area contributed by atoms with Crippen molar-refractivity contribution in [3.63, 3.8) is 0 Å². The van der Waals surface area contributed by atoms with Crippen molar-refractivity contribution in [3.05, 3.63) is 18.6 Å². The molecule has 1 unspecified atom stereocenters. The number of nitrogens with zero attached hydrogens (tertiary/aromatic N) is 4. The molecule has 0 saturated heterocycles. The van der Waals surface area contributed by atoms with E-state index in [1.54, 1.807) is 13.3 Å². The summed E-state index contributed by atoms with van der Waals surface area (Å²) in [6, 6.07) is 0.339. The van der Waals surface area contributed by atoms with Gasteiger partial charge in [-0.25, -0.2) is 15.8 Å². The summed E-state index contributed by atoms with van der Waals surface area (Å²) in [5, 5.41) is 0. The summed E-state index contributed by atoms with van der Waals surface area (Å²) in [6.07, 6.45) is 6.47. The Morgan fingerprint density at radius 2 is 2.35 bits per heavy atom. The lowest BCUT2D eigenvalue weighted by molar-refractivity contribution is 0.203. The first-order valence-electron chi connectivity index (χ1n) is 6.77. The molecule has 0 aliphatic rings. The van der Waals surface area contributed by atoms with Crippen LogP contribution < -0.4 is 16.2 Å². The molecule has 7 nitrogen and oxygen atoms in total. The Balaban J connectivity index is 2.47. The van der Waals surface area contributed by atoms with Gasteiger partial charge in [-0.3, -0.25) is 0 Å². The molecule has 20 heavy (non-hydrogen) atoms. The Kier molecular flexibility index (Phi) is 4.75. The Morgan fingerprint density at radius 3 is 3.00 bits per heavy atom. The van der Waals surface area contributed by atoms with E-state index >= 15 is 0 Å². The van der Waals surface area contributed by atoms with Gasteiger partial charge in [-0.1, -0.05) is 6.92 Å². The van der Waals surface area contributed by atoms with Crippen molar-refractivity contribution >= 4 is 17.3 Å². The Hall–Kier alpha value is -1.86. The third kappa shape index (κ3) is 2.83. The van der Waals surface area contributed by atoms with Crippen molar-refractivity contribution in [2.45, 2.75) is 26.3 Å². The van der Waals surface area contributed by atoms with Gasteiger partial charge in [-0.05, 0) is 13.3 Å². The Bertz CT molecular complexity index is 555. The molecule has 0 amide bonds. The minimum absolute atomic E-state index is 0.339. The maximum atomic E-state index is 5.50. The van der Waals surface area contributed by atoms with Crippen LogP contribution in [0.3, 0.4) is 0 Å². The third-order valence-electron chi connectivity index (χ3n) is 3.44. The van der Waals surface area contributed by atoms with E-state index in [-0.39, 0.29) is 0 Å². The number of imidazole rings is 1. The molecule has 0 aliphatic heterocycles. The fourth-order valence-electron chi connectivity index (χ4n) is 2.12. The van der Waals surface area contributed by atoms with E-state index in [0.717, 1.165) is 24.4 Å². The highest BCUT2D eigenvalue weighted by Gasteiger charge is 2.19. The van der Waals surface area contributed by atoms with Crippen LogP contribution in [0.1, 0.15) is 20.3 Å². The predicted molar refractivity (Wildman–Crippen MR) is 79.8 cm³/mol. The van der Waals surface area contributed by atoms with E-state index in [4.69, 9.17) is 10.6 Å². The molecule has 0 fully saturated rings. The lowest BCUT2D eigenvalue weighted by atomic mass is 10.2. The summed E-state index contributed by atoms with van der Waals surface area (Å²) >= 11 is 0. The zero-order valence-electron chi connectivity index (χ0n) is 12.2. The summed E-state index contributed by atoms with van der Waals surface area (Å²) < 4.78 is 7.12. The highest BCUT2D eigenvalue weighted by molar-refractivity contribution is 5.67. The Morgan fingerprint density at radius 1 is 1.55 bits per heavy atom. The largest absolute Gasteiger partial charge is 0.383 e. The van der Waals surface area contributed by atoms with Crippen LogP contribution in [0.5, 0.6) is 0 Å². The van der Waals surface area contributed by atoms with Crippen LogP contribution in [-0.4, -0.2) is 40.7 Å². The van der Waals surface area contributed by atoms with E-state index in [9.17, 15) is 0 Å². The first-order chi connectivity index (χ1) is 9.71. The van der Waals surface area contributed by atoms with Gasteiger partial charge in [0.05, 0.1) is 12.8 Å². The fourth-order valence-corrected chi connectivity index (χ4v) is 2.12. The van der Waals surface area contributed by atoms with Crippen LogP contribution >= 0.6 is 0 Å². The van der Waals surface area contributed by atoms with Crippen LogP contribution in [0.25, 0.3) is 5.65 Å². The smallest absolute Gasteiger partial charge is 0.180 e. The minimum Gasteiger partial charge on any atom is -0.383 e. The van der Waals surface area contributed by atoms with E-state index in [0.29, 0.717) is 18.5 Å². The zero-order chi connectivity index (χ0) is 14.5. The molecule has 0 aliphatic carbocycles. The standard InChI is InChI=1S/C13H22N6O/c1-4-10(2)19(7-8-20-3)13-12-15-5-6-18(12)9-11(16-13)17-14/h5-6,9-10,17H,4,7-8,14H2,1-3H3. The second-order valence-corrected chi connectivity index (χ2v) is 4.70. The summed E-state index contributed by atoms with van der Waals surface area (Å²) in [7, 11) is 1.70. The van der Waals surface area contributed by atoms with Gasteiger partial charge in [0.2, 0.25) is 0 Å². The van der Waals surface area contributed by atoms with Gasteiger partial charge in [-0.2, -0.15) is 0 Å². The van der Waals surface area contributed by atoms with Gasteiger partial charge < -0.3 is 19.5 Å². The third-order valence-corrected chi connectivity index (χ3v) is 3.44. The van der Waals surface area contributed by atoms with Crippen LogP contribution in [0.4, 0.5) is 11.6 Å². The van der Waals surface area contributed by atoms with Crippen LogP contribution in [0, 0.1) is 0 Å². The molecule has 2 rings (SSSR count). The summed E-state index contributed by atoms with van der Waals surface area (Å²) in [5.74, 6) is 6.92. The number of fused-ring (bicyclic) bond motifs is 1. The van der Waals surface area contributed by atoms with Crippen LogP contribution in [0.15, 0.2) is 18.6 Å². The first-order valence-corrected chi connectivity index (χ1v) is 6.77. The molecule has 7 heteroatoms. The van der Waals surface area contributed by atoms with Crippen molar-refractivity contribution in [1.82, 2.24) is 14.4 Å². The number of hydrogen-bond donors (Lipinski definition) is 2. The van der Waals surface area contributed by atoms with Crippen LogP contribution in [-0.2, 0) is 4.74 Å². The number of hydrazine groups is 1. The van der Waals surface area contributed by atoms with Crippen molar-refractivity contribution < 1.29 is 4.74 Å². The number of nitrogen functional groups attached to an aromatic ring is 1. The quantitative estimate of drug-likeness (QED) is 0.586. The molecule has 2 heterocycles. The van der Waals surface area contributed by atoms with Crippen molar-refractivity contribution in [1.29, 1.82) is 0 Å². The van der Waals surface area contributed by atoms with Gasteiger partial charge in [0.15, 0.2) is 17.3 Å². The number of nitrogens with one attached hydrogen (secondary N) is 1. The lowest BCUT2D eigenvalue weighted by Crippen LogP contribution is -2.36. The second-order valence-electron chi connectivity index (χ2n) is 4.70. The highest BCUT2D eigenvalue weighted by Crippen LogP contribution is 2.23. The molecule has 0 bridgehead atoms. The van der Waals surface area contributed by atoms with Gasteiger partial charge in [0, 0.05) is 32.1 Å². The fraction of sp³-hybridized carbons (Fsp3) is 0.538. The van der Waals surface area contributed by atoms with E-state index in [1.165, 1.54) is 0 Å². The minimum atomic E-state index is 0.339. The maximum Gasteiger partial charge on any atom is 0.180 e. The van der Waals surface area contributed by atoms with Gasteiger partial charge in [0.1, 0.15) is 0 Å². The maximum absolute atomic E-state index is 5.50. The molecular formula is C13H22N6O. The molecule has 1 atom stereocenters. The number of anilines is 2. The molecule has 0 saturated carbocycles. The molecule has 2 aromatic heterocycles. The molecule has 2 aromatic rings. The number of ether oxygens (including phenoxy) is 1. The Labute approximate surface area is 118 Å². The average Bonchev–Trinajstić information content (AvgIpc) is 2.95. The summed E-state index contributed by atoms with van der Waals surface area (Å²) in [4.78, 5) is 11.2. The van der Waals surface area contributed by atoms with Crippen molar-refractivity contribution in [3.8, 4) is 0 Å². The molecule has 0 radical (unpaired) electrons. The van der Waals surface area contributed by atoms with E-state index in [1.807, 2.05) is 16.8 Å². The van der Waals surface area contributed by atoms with Crippen molar-refractivity contribution in [2.75, 3.05) is 30.6 Å². The molecule has 3 N–H and O–H groups in total. The van der Waals surface area contributed by atoms with Gasteiger partial charge >= 0.3 is 0 Å². The van der Waals surface area contributed by atoms with Crippen LogP contribution in [0.2, 0.25) is 0 Å². The molecular weight excluding hydrogens is 256 g/mol. The number of rotatable bonds is 7. The topological polar surface area (TPSA) is 80.7 Å². The van der Waals surface area contributed by atoms with E-state index < -0.39 is 0 Å². The summed E-state index contributed by atoms with van der Waals surface area (Å²) in [6.45, 7) is 5.71. The zero-order valence-corrected chi connectivity index (χ0v) is 12.2. The lowest BCUT2D eigenvalue weighted by Gasteiger charge is -2.29. The number of aromatic nitrogens is 3. The number of hydrogen-bond acceptors (Lipinski definition) is 6. The first kappa shape index (κ1) is 14.5. The predicted octanol–water partition coefficient (Wildman–Crippen LogP) is 1.27. The van der Waals surface area contributed by atoms with Crippen molar-refractivity contribution in [2.24, 2.45) is 5.84 Å². The average molecular weight is 278 g/mol.